The molecule has 0 aromatic heterocycles. The van der Waals surface area contributed by atoms with Gasteiger partial charge >= 0.3 is 0 Å². The Kier molecular flexibility index (Phi) is 7.57. The van der Waals surface area contributed by atoms with Gasteiger partial charge in [-0.05, 0) is 38.3 Å². The van der Waals surface area contributed by atoms with Gasteiger partial charge in [-0.25, -0.2) is 0 Å². The molecule has 24 heavy (non-hydrogen) atoms. The third-order valence-electron chi connectivity index (χ3n) is 5.22. The number of amides is 1. The van der Waals surface area contributed by atoms with Gasteiger partial charge in [0.1, 0.15) is 5.75 Å². The van der Waals surface area contributed by atoms with E-state index in [-0.39, 0.29) is 11.3 Å². The summed E-state index contributed by atoms with van der Waals surface area (Å²) in [6, 6.07) is 8.25. The van der Waals surface area contributed by atoms with Crippen molar-refractivity contribution in [3.8, 4) is 5.75 Å². The van der Waals surface area contributed by atoms with Crippen molar-refractivity contribution in [2.45, 2.75) is 63.2 Å². The van der Waals surface area contributed by atoms with Crippen molar-refractivity contribution < 1.29 is 9.53 Å². The normalized spacial score (nSPS) is 16.1. The molecule has 1 aliphatic rings. The SMILES string of the molecule is COc1ccccc1C1(CNC(=O)CCCCCCN)CCCC1. The Bertz CT molecular complexity index is 510. The summed E-state index contributed by atoms with van der Waals surface area (Å²) in [7, 11) is 1.72. The van der Waals surface area contributed by atoms with E-state index in [1.54, 1.807) is 7.11 Å². The number of benzene rings is 1. The van der Waals surface area contributed by atoms with Crippen molar-refractivity contribution in [3.63, 3.8) is 0 Å². The molecule has 0 aliphatic heterocycles. The van der Waals surface area contributed by atoms with Gasteiger partial charge < -0.3 is 15.8 Å². The lowest BCUT2D eigenvalue weighted by atomic mass is 9.78. The number of rotatable bonds is 10. The first kappa shape index (κ1) is 18.8. The molecule has 1 aliphatic carbocycles. The Balaban J connectivity index is 1.91. The molecule has 1 saturated carbocycles. The highest BCUT2D eigenvalue weighted by atomic mass is 16.5. The predicted molar refractivity (Wildman–Crippen MR) is 98.3 cm³/mol. The maximum atomic E-state index is 12.2. The molecule has 134 valence electrons. The van der Waals surface area contributed by atoms with E-state index in [1.807, 2.05) is 12.1 Å². The molecule has 2 rings (SSSR count). The quantitative estimate of drug-likeness (QED) is 0.644. The highest BCUT2D eigenvalue weighted by molar-refractivity contribution is 5.76. The van der Waals surface area contributed by atoms with Crippen LogP contribution in [0.2, 0.25) is 0 Å². The van der Waals surface area contributed by atoms with Crippen LogP contribution in [-0.4, -0.2) is 26.1 Å². The van der Waals surface area contributed by atoms with Crippen molar-refractivity contribution >= 4 is 5.91 Å². The first-order valence-corrected chi connectivity index (χ1v) is 9.32. The zero-order chi connectivity index (χ0) is 17.3. The van der Waals surface area contributed by atoms with Crippen molar-refractivity contribution in [1.29, 1.82) is 0 Å². The molecule has 0 unspecified atom stereocenters. The maximum absolute atomic E-state index is 12.2. The van der Waals surface area contributed by atoms with Gasteiger partial charge in [0.05, 0.1) is 7.11 Å². The molecule has 0 bridgehead atoms. The highest BCUT2D eigenvalue weighted by Crippen LogP contribution is 2.44. The summed E-state index contributed by atoms with van der Waals surface area (Å²) in [5, 5.41) is 3.19. The minimum Gasteiger partial charge on any atom is -0.496 e. The number of methoxy groups -OCH3 is 1. The number of carbonyl (C=O) groups excluding carboxylic acids is 1. The van der Waals surface area contributed by atoms with Crippen LogP contribution < -0.4 is 15.8 Å². The van der Waals surface area contributed by atoms with Crippen molar-refractivity contribution in [2.24, 2.45) is 5.73 Å². The standard InChI is InChI=1S/C20H32N2O2/c1-24-18-11-6-5-10-17(18)20(13-7-8-14-20)16-22-19(23)12-4-2-3-9-15-21/h5-6,10-11H,2-4,7-9,12-16,21H2,1H3,(H,22,23). The number of hydrogen-bond acceptors (Lipinski definition) is 3. The van der Waals surface area contributed by atoms with Gasteiger partial charge in [-0.15, -0.1) is 0 Å². The van der Waals surface area contributed by atoms with Crippen LogP contribution in [0.15, 0.2) is 24.3 Å². The van der Waals surface area contributed by atoms with E-state index in [0.29, 0.717) is 6.42 Å². The number of para-hydroxylation sites is 1. The second-order valence-corrected chi connectivity index (χ2v) is 6.92. The topological polar surface area (TPSA) is 64.3 Å². The number of unbranched alkanes of at least 4 members (excludes halogenated alkanes) is 3. The van der Waals surface area contributed by atoms with Crippen LogP contribution in [0.1, 0.15) is 63.4 Å². The van der Waals surface area contributed by atoms with Crippen LogP contribution in [0.25, 0.3) is 0 Å². The van der Waals surface area contributed by atoms with Crippen LogP contribution in [-0.2, 0) is 10.2 Å². The molecule has 4 nitrogen and oxygen atoms in total. The minimum absolute atomic E-state index is 0.0296. The molecule has 4 heteroatoms. The maximum Gasteiger partial charge on any atom is 0.220 e. The number of carbonyl (C=O) groups is 1. The summed E-state index contributed by atoms with van der Waals surface area (Å²) in [4.78, 5) is 12.2. The van der Waals surface area contributed by atoms with Crippen molar-refractivity contribution in [2.75, 3.05) is 20.2 Å². The summed E-state index contributed by atoms with van der Waals surface area (Å²) in [6.45, 7) is 1.46. The molecule has 3 N–H and O–H groups in total. The van der Waals surface area contributed by atoms with Crippen molar-refractivity contribution in [3.05, 3.63) is 29.8 Å². The van der Waals surface area contributed by atoms with Gasteiger partial charge in [0.15, 0.2) is 0 Å². The van der Waals surface area contributed by atoms with Crippen LogP contribution in [0.3, 0.4) is 0 Å². The fraction of sp³-hybridized carbons (Fsp3) is 0.650. The highest BCUT2D eigenvalue weighted by Gasteiger charge is 2.37. The Labute approximate surface area is 146 Å². The second-order valence-electron chi connectivity index (χ2n) is 6.92. The van der Waals surface area contributed by atoms with E-state index < -0.39 is 0 Å². The Morgan fingerprint density at radius 2 is 1.88 bits per heavy atom. The second kappa shape index (κ2) is 9.67. The number of hydrogen-bond donors (Lipinski definition) is 2. The fourth-order valence-electron chi connectivity index (χ4n) is 3.82. The number of ether oxygens (including phenoxy) is 1. The third kappa shape index (κ3) is 4.97. The smallest absolute Gasteiger partial charge is 0.220 e. The van der Waals surface area contributed by atoms with E-state index in [1.165, 1.54) is 18.4 Å². The summed E-state index contributed by atoms with van der Waals surface area (Å²) < 4.78 is 5.57. The van der Waals surface area contributed by atoms with E-state index in [0.717, 1.165) is 57.4 Å². The minimum atomic E-state index is 0.0296. The molecule has 0 spiro atoms. The average Bonchev–Trinajstić information content (AvgIpc) is 3.10. The monoisotopic (exact) mass is 332 g/mol. The van der Waals surface area contributed by atoms with Gasteiger partial charge in [0, 0.05) is 23.9 Å². The Morgan fingerprint density at radius 1 is 1.17 bits per heavy atom. The average molecular weight is 332 g/mol. The summed E-state index contributed by atoms with van der Waals surface area (Å²) >= 11 is 0. The van der Waals surface area contributed by atoms with E-state index >= 15 is 0 Å². The lowest BCUT2D eigenvalue weighted by Gasteiger charge is -2.31. The van der Waals surface area contributed by atoms with Crippen LogP contribution in [0.5, 0.6) is 5.75 Å². The molecular weight excluding hydrogens is 300 g/mol. The Morgan fingerprint density at radius 3 is 2.58 bits per heavy atom. The third-order valence-corrected chi connectivity index (χ3v) is 5.22. The predicted octanol–water partition coefficient (Wildman–Crippen LogP) is 3.53. The van der Waals surface area contributed by atoms with E-state index in [4.69, 9.17) is 10.5 Å². The molecule has 1 aromatic carbocycles. The molecule has 1 aromatic rings. The van der Waals surface area contributed by atoms with E-state index in [2.05, 4.69) is 17.4 Å². The van der Waals surface area contributed by atoms with Gasteiger partial charge in [-0.1, -0.05) is 43.9 Å². The molecule has 1 amide bonds. The largest absolute Gasteiger partial charge is 0.496 e. The van der Waals surface area contributed by atoms with E-state index in [9.17, 15) is 4.79 Å². The molecule has 0 radical (unpaired) electrons. The molecule has 1 fully saturated rings. The lowest BCUT2D eigenvalue weighted by Crippen LogP contribution is -2.39. The van der Waals surface area contributed by atoms with Gasteiger partial charge in [-0.3, -0.25) is 4.79 Å². The summed E-state index contributed by atoms with van der Waals surface area (Å²) in [6.07, 6.45) is 9.49. The fourth-order valence-corrected chi connectivity index (χ4v) is 3.82. The van der Waals surface area contributed by atoms with Crippen LogP contribution in [0.4, 0.5) is 0 Å². The zero-order valence-corrected chi connectivity index (χ0v) is 15.0. The molecule has 0 heterocycles. The van der Waals surface area contributed by atoms with Gasteiger partial charge in [0.25, 0.3) is 0 Å². The first-order chi connectivity index (χ1) is 11.7. The first-order valence-electron chi connectivity index (χ1n) is 9.32. The number of nitrogens with one attached hydrogen (secondary N) is 1. The molecule has 0 atom stereocenters. The Hall–Kier alpha value is -1.55. The van der Waals surface area contributed by atoms with Gasteiger partial charge in [0.2, 0.25) is 5.91 Å². The zero-order valence-electron chi connectivity index (χ0n) is 15.0. The lowest BCUT2D eigenvalue weighted by molar-refractivity contribution is -0.121. The van der Waals surface area contributed by atoms with Crippen LogP contribution >= 0.6 is 0 Å². The van der Waals surface area contributed by atoms with Gasteiger partial charge in [-0.2, -0.15) is 0 Å². The molecular formula is C20H32N2O2. The van der Waals surface area contributed by atoms with Crippen molar-refractivity contribution in [1.82, 2.24) is 5.32 Å². The summed E-state index contributed by atoms with van der Waals surface area (Å²) in [5.74, 6) is 1.11. The molecule has 0 saturated heterocycles. The van der Waals surface area contributed by atoms with Crippen LogP contribution in [0, 0.1) is 0 Å². The summed E-state index contributed by atoms with van der Waals surface area (Å²) in [5.41, 5.74) is 6.77. The number of nitrogens with two attached hydrogens (primary N) is 1.